The lowest BCUT2D eigenvalue weighted by molar-refractivity contribution is -0.126. The molecule has 1 unspecified atom stereocenters. The molecule has 0 radical (unpaired) electrons. The van der Waals surface area contributed by atoms with Crippen LogP contribution in [-0.4, -0.2) is 53.0 Å². The zero-order valence-electron chi connectivity index (χ0n) is 20.9. The molecule has 0 aromatic heterocycles. The highest BCUT2D eigenvalue weighted by molar-refractivity contribution is 7.93. The third-order valence-corrected chi connectivity index (χ3v) is 9.46. The van der Waals surface area contributed by atoms with Gasteiger partial charge in [0.05, 0.1) is 22.7 Å². The molecule has 1 saturated heterocycles. The summed E-state index contributed by atoms with van der Waals surface area (Å²) >= 11 is 6.22. The molecule has 1 fully saturated rings. The Morgan fingerprint density at radius 2 is 1.78 bits per heavy atom. The molecule has 2 N–H and O–H groups in total. The van der Waals surface area contributed by atoms with Gasteiger partial charge in [0.15, 0.2) is 0 Å². The van der Waals surface area contributed by atoms with Crippen molar-refractivity contribution in [3.8, 4) is 0 Å². The van der Waals surface area contributed by atoms with Gasteiger partial charge in [0.2, 0.25) is 5.91 Å². The van der Waals surface area contributed by atoms with Crippen LogP contribution in [0, 0.1) is 19.8 Å². The van der Waals surface area contributed by atoms with Gasteiger partial charge in [0.25, 0.3) is 15.9 Å². The van der Waals surface area contributed by atoms with Crippen molar-refractivity contribution in [2.75, 3.05) is 35.9 Å². The smallest absolute Gasteiger partial charge is 0.265 e. The predicted molar refractivity (Wildman–Crippen MR) is 142 cm³/mol. The van der Waals surface area contributed by atoms with E-state index in [9.17, 15) is 18.0 Å². The highest BCUT2D eigenvalue weighted by atomic mass is 35.5. The van der Waals surface area contributed by atoms with E-state index in [1.54, 1.807) is 51.2 Å². The Kier molecular flexibility index (Phi) is 7.92. The standard InChI is InChI=1S/C26H33ClN4O4S/c1-17-15-24(18(2)14-20(17)27)36(34,35)31-22-7-5-4-6-21(22)30(3)26(33)23(31)16-25(32)29-13-10-19-8-11-28-12-9-19/h4-7,14-15,19,23,28H,8-13,16H2,1-3H3,(H,29,32). The third kappa shape index (κ3) is 5.23. The van der Waals surface area contributed by atoms with Crippen molar-refractivity contribution in [2.24, 2.45) is 5.92 Å². The first-order valence-electron chi connectivity index (χ1n) is 12.3. The number of rotatable bonds is 7. The molecule has 1 atom stereocenters. The Labute approximate surface area is 218 Å². The van der Waals surface area contributed by atoms with E-state index in [4.69, 9.17) is 11.6 Å². The molecule has 2 heterocycles. The molecule has 0 saturated carbocycles. The van der Waals surface area contributed by atoms with E-state index in [1.807, 2.05) is 0 Å². The quantitative estimate of drug-likeness (QED) is 0.569. The van der Waals surface area contributed by atoms with Gasteiger partial charge in [-0.25, -0.2) is 8.42 Å². The molecule has 36 heavy (non-hydrogen) atoms. The Morgan fingerprint density at radius 3 is 2.47 bits per heavy atom. The number of anilines is 2. The fourth-order valence-electron chi connectivity index (χ4n) is 4.98. The Bertz CT molecular complexity index is 1260. The number of hydrogen-bond acceptors (Lipinski definition) is 5. The molecule has 2 aliphatic heterocycles. The number of nitrogens with zero attached hydrogens (tertiary/aromatic N) is 2. The average molecular weight is 533 g/mol. The maximum atomic E-state index is 14.1. The summed E-state index contributed by atoms with van der Waals surface area (Å²) in [6.45, 7) is 5.87. The van der Waals surface area contributed by atoms with E-state index in [2.05, 4.69) is 10.6 Å². The first-order chi connectivity index (χ1) is 17.1. The molecule has 10 heteroatoms. The molecule has 0 bridgehead atoms. The summed E-state index contributed by atoms with van der Waals surface area (Å²) < 4.78 is 29.3. The van der Waals surface area contributed by atoms with Gasteiger partial charge >= 0.3 is 0 Å². The maximum absolute atomic E-state index is 14.1. The van der Waals surface area contributed by atoms with Gasteiger partial charge in [0, 0.05) is 18.6 Å². The van der Waals surface area contributed by atoms with Crippen molar-refractivity contribution in [2.45, 2.75) is 50.5 Å². The highest BCUT2D eigenvalue weighted by Gasteiger charge is 2.44. The number of para-hydroxylation sites is 2. The van der Waals surface area contributed by atoms with Crippen LogP contribution in [0.5, 0.6) is 0 Å². The molecular weight excluding hydrogens is 500 g/mol. The molecule has 8 nitrogen and oxygen atoms in total. The van der Waals surface area contributed by atoms with Gasteiger partial charge < -0.3 is 15.5 Å². The molecule has 2 aromatic carbocycles. The number of likely N-dealkylation sites (N-methyl/N-ethyl adjacent to an activating group) is 1. The number of hydrogen-bond donors (Lipinski definition) is 2. The number of benzene rings is 2. The van der Waals surface area contributed by atoms with Gasteiger partial charge in [-0.05, 0) is 87.5 Å². The maximum Gasteiger partial charge on any atom is 0.265 e. The van der Waals surface area contributed by atoms with Crippen LogP contribution >= 0.6 is 11.6 Å². The van der Waals surface area contributed by atoms with Crippen molar-refractivity contribution in [1.82, 2.24) is 10.6 Å². The molecule has 0 spiro atoms. The number of amides is 2. The van der Waals surface area contributed by atoms with Crippen LogP contribution in [0.25, 0.3) is 0 Å². The highest BCUT2D eigenvalue weighted by Crippen LogP contribution is 2.40. The van der Waals surface area contributed by atoms with Gasteiger partial charge in [0.1, 0.15) is 6.04 Å². The van der Waals surface area contributed by atoms with Crippen molar-refractivity contribution in [3.05, 3.63) is 52.5 Å². The van der Waals surface area contributed by atoms with Gasteiger partial charge in [-0.1, -0.05) is 23.7 Å². The van der Waals surface area contributed by atoms with Crippen LogP contribution in [0.15, 0.2) is 41.3 Å². The number of carbonyl (C=O) groups excluding carboxylic acids is 2. The lowest BCUT2D eigenvalue weighted by atomic mass is 9.95. The average Bonchev–Trinajstić information content (AvgIpc) is 2.85. The molecule has 4 rings (SSSR count). The van der Waals surface area contributed by atoms with Gasteiger partial charge in [-0.2, -0.15) is 0 Å². The summed E-state index contributed by atoms with van der Waals surface area (Å²) in [5.41, 5.74) is 1.91. The van der Waals surface area contributed by atoms with Crippen molar-refractivity contribution < 1.29 is 18.0 Å². The molecular formula is C26H33ClN4O4S. The van der Waals surface area contributed by atoms with Crippen LogP contribution in [0.1, 0.15) is 36.8 Å². The zero-order valence-corrected chi connectivity index (χ0v) is 22.5. The number of carbonyl (C=O) groups is 2. The number of fused-ring (bicyclic) bond motifs is 1. The number of halogens is 1. The minimum absolute atomic E-state index is 0.0628. The van der Waals surface area contributed by atoms with E-state index in [0.29, 0.717) is 40.0 Å². The molecule has 2 aliphatic rings. The van der Waals surface area contributed by atoms with Crippen LogP contribution in [0.4, 0.5) is 11.4 Å². The third-order valence-electron chi connectivity index (χ3n) is 7.08. The molecule has 194 valence electrons. The minimum Gasteiger partial charge on any atom is -0.356 e. The zero-order chi connectivity index (χ0) is 26.0. The van der Waals surface area contributed by atoms with Gasteiger partial charge in [-0.15, -0.1) is 0 Å². The van der Waals surface area contributed by atoms with Crippen LogP contribution < -0.4 is 19.8 Å². The monoisotopic (exact) mass is 532 g/mol. The van der Waals surface area contributed by atoms with Crippen LogP contribution in [0.2, 0.25) is 5.02 Å². The molecule has 0 aliphatic carbocycles. The van der Waals surface area contributed by atoms with Crippen LogP contribution in [0.3, 0.4) is 0 Å². The Morgan fingerprint density at radius 1 is 1.11 bits per heavy atom. The van der Waals surface area contributed by atoms with E-state index in [-0.39, 0.29) is 17.2 Å². The lowest BCUT2D eigenvalue weighted by Crippen LogP contribution is -2.56. The number of aryl methyl sites for hydroxylation is 2. The largest absolute Gasteiger partial charge is 0.356 e. The molecule has 2 aromatic rings. The predicted octanol–water partition coefficient (Wildman–Crippen LogP) is 3.39. The molecule has 2 amide bonds. The number of nitrogens with one attached hydrogen (secondary N) is 2. The van der Waals surface area contributed by atoms with E-state index < -0.39 is 22.0 Å². The number of sulfonamides is 1. The van der Waals surface area contributed by atoms with Crippen molar-refractivity contribution in [3.63, 3.8) is 0 Å². The van der Waals surface area contributed by atoms with E-state index in [1.165, 1.54) is 11.0 Å². The Hall–Kier alpha value is -2.62. The summed E-state index contributed by atoms with van der Waals surface area (Å²) in [6, 6.07) is 8.76. The van der Waals surface area contributed by atoms with E-state index >= 15 is 0 Å². The first kappa shape index (κ1) is 26.4. The normalized spacial score (nSPS) is 18.8. The number of piperidine rings is 1. The lowest BCUT2D eigenvalue weighted by Gasteiger charge is -2.40. The van der Waals surface area contributed by atoms with Crippen LogP contribution in [-0.2, 0) is 19.6 Å². The second-order valence-electron chi connectivity index (χ2n) is 9.61. The fourth-order valence-corrected chi connectivity index (χ4v) is 7.12. The summed E-state index contributed by atoms with van der Waals surface area (Å²) in [7, 11) is -2.59. The summed E-state index contributed by atoms with van der Waals surface area (Å²) in [5, 5.41) is 6.70. The Balaban J connectivity index is 1.65. The van der Waals surface area contributed by atoms with Crippen molar-refractivity contribution in [1.29, 1.82) is 0 Å². The van der Waals surface area contributed by atoms with E-state index in [0.717, 1.165) is 36.7 Å². The minimum atomic E-state index is -4.19. The topological polar surface area (TPSA) is 98.8 Å². The van der Waals surface area contributed by atoms with Gasteiger partial charge in [-0.3, -0.25) is 13.9 Å². The summed E-state index contributed by atoms with van der Waals surface area (Å²) in [5.74, 6) is -0.248. The summed E-state index contributed by atoms with van der Waals surface area (Å²) in [4.78, 5) is 27.9. The second kappa shape index (κ2) is 10.8. The van der Waals surface area contributed by atoms with Crippen molar-refractivity contribution >= 4 is 44.8 Å². The second-order valence-corrected chi connectivity index (χ2v) is 11.8. The first-order valence-corrected chi connectivity index (χ1v) is 14.1. The summed E-state index contributed by atoms with van der Waals surface area (Å²) in [6.07, 6.45) is 2.74. The SMILES string of the molecule is Cc1cc(S(=O)(=O)N2c3ccccc3N(C)C(=O)C2CC(=O)NCCC2CCNCC2)c(C)cc1Cl. The fraction of sp³-hybridized carbons (Fsp3) is 0.462.